The van der Waals surface area contributed by atoms with Crippen molar-refractivity contribution in [1.82, 2.24) is 15.6 Å². The number of hydrogen-bond donors (Lipinski definition) is 3. The van der Waals surface area contributed by atoms with Crippen LogP contribution in [0.15, 0.2) is 76.3 Å². The van der Waals surface area contributed by atoms with Crippen LogP contribution in [0.4, 0.5) is 0 Å². The lowest BCUT2D eigenvalue weighted by atomic mass is 10.2. The zero-order chi connectivity index (χ0) is 20.8. The lowest BCUT2D eigenvalue weighted by Crippen LogP contribution is -2.39. The average molecular weight is 421 g/mol. The summed E-state index contributed by atoms with van der Waals surface area (Å²) < 4.78 is 6.74. The lowest BCUT2D eigenvalue weighted by molar-refractivity contribution is 0.184. The highest BCUT2D eigenvalue weighted by Crippen LogP contribution is 2.29. The molecule has 0 spiro atoms. The van der Waals surface area contributed by atoms with E-state index in [-0.39, 0.29) is 0 Å². The molecule has 1 atom stereocenters. The summed E-state index contributed by atoms with van der Waals surface area (Å²) in [5, 5.41) is 18.1. The maximum absolute atomic E-state index is 10.6. The Morgan fingerprint density at radius 3 is 2.73 bits per heavy atom. The molecule has 2 aromatic carbocycles. The highest BCUT2D eigenvalue weighted by molar-refractivity contribution is 7.19. The standard InChI is InChI=1S/C23H24N4O2S/c1-2-24-23(25-13-18-15-29-22(27-18)16-8-4-3-5-9-16)26-14-19(28)21-12-17-10-6-7-11-20(17)30-21/h3-12,15,19,28H,2,13-14H2,1H3,(H2,24,25,26). The lowest BCUT2D eigenvalue weighted by Gasteiger charge is -2.14. The predicted molar refractivity (Wildman–Crippen MR) is 122 cm³/mol. The van der Waals surface area contributed by atoms with Crippen LogP contribution in [0.2, 0.25) is 0 Å². The van der Waals surface area contributed by atoms with Crippen LogP contribution in [0.25, 0.3) is 21.5 Å². The van der Waals surface area contributed by atoms with Crippen LogP contribution in [0.1, 0.15) is 23.6 Å². The molecule has 0 amide bonds. The number of nitrogens with one attached hydrogen (secondary N) is 2. The van der Waals surface area contributed by atoms with Gasteiger partial charge in [-0.15, -0.1) is 11.3 Å². The minimum absolute atomic E-state index is 0.368. The third kappa shape index (κ3) is 4.87. The molecule has 4 rings (SSSR count). The largest absolute Gasteiger partial charge is 0.444 e. The van der Waals surface area contributed by atoms with E-state index in [4.69, 9.17) is 4.42 Å². The van der Waals surface area contributed by atoms with Crippen LogP contribution in [-0.2, 0) is 6.54 Å². The maximum Gasteiger partial charge on any atom is 0.226 e. The number of fused-ring (bicyclic) bond motifs is 1. The molecular formula is C23H24N4O2S. The number of benzene rings is 2. The van der Waals surface area contributed by atoms with Gasteiger partial charge in [0.1, 0.15) is 18.1 Å². The van der Waals surface area contributed by atoms with Crippen LogP contribution in [0.5, 0.6) is 0 Å². The number of thiophene rings is 1. The predicted octanol–water partition coefficient (Wildman–Crippen LogP) is 4.35. The number of oxazole rings is 1. The van der Waals surface area contributed by atoms with Crippen molar-refractivity contribution in [2.75, 3.05) is 13.1 Å². The van der Waals surface area contributed by atoms with E-state index in [1.807, 2.05) is 55.5 Å². The number of aliphatic imine (C=N–C) groups is 1. The summed E-state index contributed by atoms with van der Waals surface area (Å²) in [4.78, 5) is 10.00. The fraction of sp³-hybridized carbons (Fsp3) is 0.217. The van der Waals surface area contributed by atoms with Gasteiger partial charge in [0.15, 0.2) is 5.96 Å². The van der Waals surface area contributed by atoms with E-state index in [1.165, 1.54) is 4.70 Å². The number of aromatic nitrogens is 1. The second-order valence-electron chi connectivity index (χ2n) is 6.79. The van der Waals surface area contributed by atoms with Crippen molar-refractivity contribution in [2.24, 2.45) is 4.99 Å². The first kappa shape index (κ1) is 20.1. The van der Waals surface area contributed by atoms with E-state index in [0.717, 1.165) is 28.1 Å². The Kier molecular flexibility index (Phi) is 6.41. The Hall–Kier alpha value is -3.16. The van der Waals surface area contributed by atoms with Gasteiger partial charge in [-0.2, -0.15) is 0 Å². The Labute approximate surface area is 179 Å². The van der Waals surface area contributed by atoms with Crippen molar-refractivity contribution in [2.45, 2.75) is 19.6 Å². The topological polar surface area (TPSA) is 82.7 Å². The smallest absolute Gasteiger partial charge is 0.226 e. The Bertz CT molecular complexity index is 1090. The SMILES string of the molecule is CCNC(=NCc1coc(-c2ccccc2)n1)NCC(O)c1cc2ccccc2s1. The van der Waals surface area contributed by atoms with Gasteiger partial charge in [0, 0.05) is 28.2 Å². The molecule has 0 aliphatic rings. The number of guanidine groups is 1. The van der Waals surface area contributed by atoms with E-state index in [2.05, 4.69) is 32.7 Å². The minimum Gasteiger partial charge on any atom is -0.444 e. The first-order valence-corrected chi connectivity index (χ1v) is 10.7. The molecule has 6 nitrogen and oxygen atoms in total. The first-order valence-electron chi connectivity index (χ1n) is 9.91. The van der Waals surface area contributed by atoms with E-state index in [9.17, 15) is 5.11 Å². The van der Waals surface area contributed by atoms with Gasteiger partial charge in [0.2, 0.25) is 5.89 Å². The van der Waals surface area contributed by atoms with E-state index >= 15 is 0 Å². The highest BCUT2D eigenvalue weighted by Gasteiger charge is 2.12. The normalized spacial score (nSPS) is 12.8. The minimum atomic E-state index is -0.608. The molecule has 4 aromatic rings. The molecule has 0 fully saturated rings. The van der Waals surface area contributed by atoms with E-state index < -0.39 is 6.10 Å². The zero-order valence-corrected chi connectivity index (χ0v) is 17.5. The third-order valence-electron chi connectivity index (χ3n) is 4.55. The summed E-state index contributed by atoms with van der Waals surface area (Å²) in [5.74, 6) is 1.21. The summed E-state index contributed by atoms with van der Waals surface area (Å²) in [7, 11) is 0. The van der Waals surface area contributed by atoms with Crippen LogP contribution in [0.3, 0.4) is 0 Å². The summed E-state index contributed by atoms with van der Waals surface area (Å²) in [6, 6.07) is 20.0. The summed E-state index contributed by atoms with van der Waals surface area (Å²) in [6.07, 6.45) is 1.02. The summed E-state index contributed by atoms with van der Waals surface area (Å²) in [6.45, 7) is 3.47. The molecule has 2 heterocycles. The molecule has 0 bridgehead atoms. The van der Waals surface area contributed by atoms with Gasteiger partial charge >= 0.3 is 0 Å². The average Bonchev–Trinajstić information content (AvgIpc) is 3.43. The second-order valence-corrected chi connectivity index (χ2v) is 7.90. The second kappa shape index (κ2) is 9.56. The van der Waals surface area contributed by atoms with Crippen LogP contribution in [0, 0.1) is 0 Å². The molecule has 0 radical (unpaired) electrons. The van der Waals surface area contributed by atoms with Crippen molar-refractivity contribution in [3.63, 3.8) is 0 Å². The number of aliphatic hydroxyl groups excluding tert-OH is 1. The molecule has 30 heavy (non-hydrogen) atoms. The van der Waals surface area contributed by atoms with Crippen LogP contribution >= 0.6 is 11.3 Å². The van der Waals surface area contributed by atoms with E-state index in [1.54, 1.807) is 17.6 Å². The van der Waals surface area contributed by atoms with Gasteiger partial charge < -0.3 is 20.2 Å². The molecular weight excluding hydrogens is 396 g/mol. The van der Waals surface area contributed by atoms with E-state index in [0.29, 0.717) is 24.9 Å². The molecule has 0 aliphatic carbocycles. The number of nitrogens with zero attached hydrogens (tertiary/aromatic N) is 2. The quantitative estimate of drug-likeness (QED) is 0.306. The molecule has 154 valence electrons. The van der Waals surface area contributed by atoms with Crippen molar-refractivity contribution in [3.05, 3.63) is 77.5 Å². The number of hydrogen-bond acceptors (Lipinski definition) is 5. The van der Waals surface area contributed by atoms with Gasteiger partial charge in [-0.25, -0.2) is 9.98 Å². The Balaban J connectivity index is 1.38. The molecule has 0 saturated heterocycles. The molecule has 3 N–H and O–H groups in total. The van der Waals surface area contributed by atoms with Gasteiger partial charge in [-0.05, 0) is 36.6 Å². The number of aliphatic hydroxyl groups is 1. The molecule has 2 aromatic heterocycles. The monoisotopic (exact) mass is 420 g/mol. The summed E-state index contributed by atoms with van der Waals surface area (Å²) in [5.41, 5.74) is 1.68. The van der Waals surface area contributed by atoms with Crippen LogP contribution in [-0.4, -0.2) is 29.1 Å². The Morgan fingerprint density at radius 1 is 1.13 bits per heavy atom. The summed E-state index contributed by atoms with van der Waals surface area (Å²) >= 11 is 1.61. The zero-order valence-electron chi connectivity index (χ0n) is 16.7. The third-order valence-corrected chi connectivity index (χ3v) is 5.77. The number of rotatable bonds is 7. The van der Waals surface area contributed by atoms with Crippen LogP contribution < -0.4 is 10.6 Å². The molecule has 1 unspecified atom stereocenters. The van der Waals surface area contributed by atoms with Gasteiger partial charge in [0.25, 0.3) is 0 Å². The molecule has 7 heteroatoms. The highest BCUT2D eigenvalue weighted by atomic mass is 32.1. The van der Waals surface area contributed by atoms with Crippen molar-refractivity contribution in [3.8, 4) is 11.5 Å². The van der Waals surface area contributed by atoms with Crippen molar-refractivity contribution >= 4 is 27.4 Å². The maximum atomic E-state index is 10.6. The fourth-order valence-corrected chi connectivity index (χ4v) is 4.11. The van der Waals surface area contributed by atoms with Gasteiger partial charge in [-0.3, -0.25) is 0 Å². The Morgan fingerprint density at radius 2 is 1.93 bits per heavy atom. The van der Waals surface area contributed by atoms with Crippen molar-refractivity contribution in [1.29, 1.82) is 0 Å². The molecule has 0 saturated carbocycles. The van der Waals surface area contributed by atoms with Crippen molar-refractivity contribution < 1.29 is 9.52 Å². The molecule has 0 aliphatic heterocycles. The first-order chi connectivity index (χ1) is 14.7. The van der Waals surface area contributed by atoms with Gasteiger partial charge in [-0.1, -0.05) is 36.4 Å². The van der Waals surface area contributed by atoms with Gasteiger partial charge in [0.05, 0.1) is 6.54 Å². The fourth-order valence-electron chi connectivity index (χ4n) is 3.06.